The van der Waals surface area contributed by atoms with Crippen LogP contribution in [0.5, 0.6) is 0 Å². The van der Waals surface area contributed by atoms with Gasteiger partial charge in [-0.3, -0.25) is 0 Å². The smallest absolute Gasteiger partial charge is 0.227 e. The third kappa shape index (κ3) is 6.04. The molecule has 0 atom stereocenters. The van der Waals surface area contributed by atoms with Gasteiger partial charge in [0.2, 0.25) is 5.89 Å². The topological polar surface area (TPSA) is 77.8 Å². The SMILES string of the molecule is c1ccc(-c2nc(-c3ccc(-c4ccccc4-c4ccccc4)cc3)nc(-c3c(-c4cccc5ccc6nc(-c7ccccc7)oc6c45)ccc4oc5ccccc5c34)n2)cc1. The van der Waals surface area contributed by atoms with E-state index in [1.54, 1.807) is 0 Å². The molecule has 0 N–H and O–H groups in total. The van der Waals surface area contributed by atoms with Crippen molar-refractivity contribution >= 4 is 43.8 Å². The maximum atomic E-state index is 6.67. The Balaban J connectivity index is 1.10. The van der Waals surface area contributed by atoms with E-state index in [4.69, 9.17) is 28.8 Å². The molecule has 290 valence electrons. The normalized spacial score (nSPS) is 11.5. The predicted octanol–water partition coefficient (Wildman–Crippen LogP) is 14.7. The van der Waals surface area contributed by atoms with Crippen LogP contribution in [0.25, 0.3) is 123 Å². The van der Waals surface area contributed by atoms with Crippen molar-refractivity contribution in [3.63, 3.8) is 0 Å². The van der Waals surface area contributed by atoms with E-state index in [0.29, 0.717) is 23.4 Å². The molecular formula is C56H34N4O2. The third-order valence-electron chi connectivity index (χ3n) is 11.6. The van der Waals surface area contributed by atoms with E-state index in [2.05, 4.69) is 115 Å². The Labute approximate surface area is 356 Å². The molecule has 0 saturated carbocycles. The van der Waals surface area contributed by atoms with Crippen LogP contribution in [0.1, 0.15) is 0 Å². The number of para-hydroxylation sites is 1. The molecule has 6 nitrogen and oxygen atoms in total. The zero-order chi connectivity index (χ0) is 41.0. The monoisotopic (exact) mass is 794 g/mol. The van der Waals surface area contributed by atoms with E-state index in [1.807, 2.05) is 91.0 Å². The lowest BCUT2D eigenvalue weighted by atomic mass is 9.91. The van der Waals surface area contributed by atoms with Gasteiger partial charge < -0.3 is 8.83 Å². The standard InChI is InChI=1S/C56H34N4O2/c1-4-15-35(16-5-1)41-22-10-11-23-42(41)36-27-29-39(30-28-36)54-58-53(38-17-6-2-7-18-38)59-55(60-54)51-44(32-34-48-50(51)45-24-12-13-26-47(45)61-48)43-25-14-21-37-31-33-46-52(49(37)43)62-56(57-46)40-19-8-3-9-20-40/h1-34H. The number of fused-ring (bicyclic) bond motifs is 6. The predicted molar refractivity (Wildman–Crippen MR) is 250 cm³/mol. The van der Waals surface area contributed by atoms with E-state index < -0.39 is 0 Å². The number of nitrogens with zero attached hydrogens (tertiary/aromatic N) is 4. The molecular weight excluding hydrogens is 761 g/mol. The van der Waals surface area contributed by atoms with Crippen molar-refractivity contribution in [1.82, 2.24) is 19.9 Å². The average Bonchev–Trinajstić information content (AvgIpc) is 3.97. The van der Waals surface area contributed by atoms with Gasteiger partial charge >= 0.3 is 0 Å². The van der Waals surface area contributed by atoms with Crippen molar-refractivity contribution in [3.8, 4) is 79.0 Å². The summed E-state index contributed by atoms with van der Waals surface area (Å²) in [6.07, 6.45) is 0. The highest BCUT2D eigenvalue weighted by atomic mass is 16.3. The van der Waals surface area contributed by atoms with Crippen molar-refractivity contribution in [2.75, 3.05) is 0 Å². The molecule has 3 aromatic heterocycles. The fourth-order valence-electron chi connectivity index (χ4n) is 8.69. The Hall–Kier alpha value is -8.48. The maximum absolute atomic E-state index is 6.67. The summed E-state index contributed by atoms with van der Waals surface area (Å²) in [4.78, 5) is 20.8. The molecule has 0 aliphatic rings. The zero-order valence-corrected chi connectivity index (χ0v) is 33.2. The van der Waals surface area contributed by atoms with Gasteiger partial charge in [-0.25, -0.2) is 19.9 Å². The number of hydrogen-bond acceptors (Lipinski definition) is 6. The Morgan fingerprint density at radius 2 is 0.871 bits per heavy atom. The summed E-state index contributed by atoms with van der Waals surface area (Å²) in [6.45, 7) is 0. The van der Waals surface area contributed by atoms with Crippen molar-refractivity contribution < 1.29 is 8.83 Å². The van der Waals surface area contributed by atoms with Gasteiger partial charge in [0.1, 0.15) is 16.7 Å². The Kier molecular flexibility index (Phi) is 8.38. The average molecular weight is 795 g/mol. The van der Waals surface area contributed by atoms with Gasteiger partial charge in [0.25, 0.3) is 0 Å². The minimum absolute atomic E-state index is 0.534. The highest BCUT2D eigenvalue weighted by molar-refractivity contribution is 6.19. The van der Waals surface area contributed by atoms with Crippen molar-refractivity contribution in [3.05, 3.63) is 206 Å². The van der Waals surface area contributed by atoms with Crippen LogP contribution in [-0.4, -0.2) is 19.9 Å². The number of hydrogen-bond donors (Lipinski definition) is 0. The zero-order valence-electron chi connectivity index (χ0n) is 33.2. The van der Waals surface area contributed by atoms with Gasteiger partial charge in [0.05, 0.1) is 0 Å². The van der Waals surface area contributed by atoms with Crippen LogP contribution in [0, 0.1) is 0 Å². The van der Waals surface area contributed by atoms with Crippen LogP contribution in [0.4, 0.5) is 0 Å². The Morgan fingerprint density at radius 1 is 0.306 bits per heavy atom. The summed E-state index contributed by atoms with van der Waals surface area (Å²) in [7, 11) is 0. The Bertz CT molecular complexity index is 3620. The Morgan fingerprint density at radius 3 is 1.60 bits per heavy atom. The second-order valence-corrected chi connectivity index (χ2v) is 15.3. The quantitative estimate of drug-likeness (QED) is 0.160. The molecule has 0 fully saturated rings. The molecule has 0 radical (unpaired) electrons. The van der Waals surface area contributed by atoms with E-state index in [9.17, 15) is 0 Å². The van der Waals surface area contributed by atoms with Crippen molar-refractivity contribution in [1.29, 1.82) is 0 Å². The van der Waals surface area contributed by atoms with E-state index in [-0.39, 0.29) is 0 Å². The molecule has 62 heavy (non-hydrogen) atoms. The molecule has 0 aliphatic heterocycles. The molecule has 9 aromatic carbocycles. The van der Waals surface area contributed by atoms with E-state index >= 15 is 0 Å². The molecule has 0 spiro atoms. The van der Waals surface area contributed by atoms with Crippen molar-refractivity contribution in [2.45, 2.75) is 0 Å². The molecule has 0 aliphatic carbocycles. The number of benzene rings is 9. The summed E-state index contributed by atoms with van der Waals surface area (Å²) < 4.78 is 13.2. The highest BCUT2D eigenvalue weighted by Gasteiger charge is 2.24. The molecule has 0 bridgehead atoms. The van der Waals surface area contributed by atoms with Gasteiger partial charge in [0.15, 0.2) is 23.1 Å². The van der Waals surface area contributed by atoms with Gasteiger partial charge in [0, 0.05) is 38.4 Å². The van der Waals surface area contributed by atoms with Gasteiger partial charge in [-0.1, -0.05) is 170 Å². The minimum atomic E-state index is 0.534. The third-order valence-corrected chi connectivity index (χ3v) is 11.6. The maximum Gasteiger partial charge on any atom is 0.227 e. The van der Waals surface area contributed by atoms with Crippen LogP contribution in [0.3, 0.4) is 0 Å². The van der Waals surface area contributed by atoms with Crippen LogP contribution in [0.15, 0.2) is 215 Å². The fourth-order valence-corrected chi connectivity index (χ4v) is 8.69. The van der Waals surface area contributed by atoms with Gasteiger partial charge in [-0.05, 0) is 75.2 Å². The molecule has 3 heterocycles. The first kappa shape index (κ1) is 35.5. The van der Waals surface area contributed by atoms with Crippen LogP contribution < -0.4 is 0 Å². The number of rotatable bonds is 7. The number of furan rings is 1. The summed E-state index contributed by atoms with van der Waals surface area (Å²) in [5.74, 6) is 2.24. The molecule has 6 heteroatoms. The molecule has 0 unspecified atom stereocenters. The van der Waals surface area contributed by atoms with Gasteiger partial charge in [-0.2, -0.15) is 0 Å². The summed E-state index contributed by atoms with van der Waals surface area (Å²) in [6, 6.07) is 70.5. The van der Waals surface area contributed by atoms with E-state index in [1.165, 1.54) is 11.1 Å². The van der Waals surface area contributed by atoms with Crippen molar-refractivity contribution in [2.24, 2.45) is 0 Å². The lowest BCUT2D eigenvalue weighted by molar-refractivity contribution is 0.623. The molecule has 0 amide bonds. The second kappa shape index (κ2) is 14.7. The van der Waals surface area contributed by atoms with Crippen LogP contribution in [-0.2, 0) is 0 Å². The molecule has 12 aromatic rings. The first-order valence-electron chi connectivity index (χ1n) is 20.6. The minimum Gasteiger partial charge on any atom is -0.456 e. The second-order valence-electron chi connectivity index (χ2n) is 15.3. The lowest BCUT2D eigenvalue weighted by Gasteiger charge is -2.15. The van der Waals surface area contributed by atoms with Crippen LogP contribution in [0.2, 0.25) is 0 Å². The van der Waals surface area contributed by atoms with Gasteiger partial charge in [-0.15, -0.1) is 0 Å². The first-order valence-corrected chi connectivity index (χ1v) is 20.6. The lowest BCUT2D eigenvalue weighted by Crippen LogP contribution is -2.01. The fraction of sp³-hybridized carbons (Fsp3) is 0. The first-order chi connectivity index (χ1) is 30.7. The molecule has 12 rings (SSSR count). The molecule has 0 saturated heterocycles. The highest BCUT2D eigenvalue weighted by Crippen LogP contribution is 2.46. The number of oxazole rings is 1. The summed E-state index contributed by atoms with van der Waals surface area (Å²) in [5.41, 5.74) is 13.1. The summed E-state index contributed by atoms with van der Waals surface area (Å²) in [5, 5.41) is 3.88. The summed E-state index contributed by atoms with van der Waals surface area (Å²) >= 11 is 0. The van der Waals surface area contributed by atoms with Crippen LogP contribution >= 0.6 is 0 Å². The largest absolute Gasteiger partial charge is 0.456 e. The number of aromatic nitrogens is 4. The van der Waals surface area contributed by atoms with E-state index in [0.717, 1.165) is 88.3 Å².